The Morgan fingerprint density at radius 3 is 2.33 bits per heavy atom. The van der Waals surface area contributed by atoms with Gasteiger partial charge in [0, 0.05) is 6.42 Å². The summed E-state index contributed by atoms with van der Waals surface area (Å²) in [4.78, 5) is 14.4. The molecule has 0 atom stereocenters. The fourth-order valence-corrected chi connectivity index (χ4v) is 1.24. The highest BCUT2D eigenvalue weighted by Gasteiger charge is 2.35. The number of para-hydroxylation sites is 1. The van der Waals surface area contributed by atoms with E-state index in [0.29, 0.717) is 0 Å². The van der Waals surface area contributed by atoms with Crippen molar-refractivity contribution in [1.29, 1.82) is 0 Å². The fourth-order valence-electron chi connectivity index (χ4n) is 1.24. The van der Waals surface area contributed by atoms with E-state index in [0.717, 1.165) is 7.11 Å². The SMILES string of the molecule is COC(=O)CCC(=Nc1ccccc1)C(F)(F)F. The van der Waals surface area contributed by atoms with Crippen LogP contribution in [0.25, 0.3) is 0 Å². The van der Waals surface area contributed by atoms with Gasteiger partial charge in [-0.3, -0.25) is 4.79 Å². The Morgan fingerprint density at radius 1 is 1.22 bits per heavy atom. The lowest BCUT2D eigenvalue weighted by Gasteiger charge is -2.10. The molecule has 0 saturated carbocycles. The molecule has 0 N–H and O–H groups in total. The molecule has 0 radical (unpaired) electrons. The van der Waals surface area contributed by atoms with E-state index in [1.54, 1.807) is 18.2 Å². The van der Waals surface area contributed by atoms with Gasteiger partial charge in [0.1, 0.15) is 5.71 Å². The Balaban J connectivity index is 2.86. The average molecular weight is 259 g/mol. The van der Waals surface area contributed by atoms with Crippen LogP contribution in [-0.4, -0.2) is 25.0 Å². The van der Waals surface area contributed by atoms with Crippen LogP contribution >= 0.6 is 0 Å². The van der Waals surface area contributed by atoms with Gasteiger partial charge < -0.3 is 4.74 Å². The molecular formula is C12H12F3NO2. The number of hydrogen-bond acceptors (Lipinski definition) is 3. The molecule has 0 aliphatic heterocycles. The van der Waals surface area contributed by atoms with E-state index in [1.165, 1.54) is 12.1 Å². The van der Waals surface area contributed by atoms with Crippen LogP contribution in [0.4, 0.5) is 18.9 Å². The van der Waals surface area contributed by atoms with Gasteiger partial charge in [-0.05, 0) is 12.1 Å². The van der Waals surface area contributed by atoms with Crippen LogP contribution in [-0.2, 0) is 9.53 Å². The number of carbonyl (C=O) groups excluding carboxylic acids is 1. The van der Waals surface area contributed by atoms with Crippen molar-refractivity contribution in [3.05, 3.63) is 30.3 Å². The molecule has 1 aromatic carbocycles. The number of benzene rings is 1. The predicted molar refractivity (Wildman–Crippen MR) is 60.8 cm³/mol. The number of carbonyl (C=O) groups is 1. The number of alkyl halides is 3. The number of rotatable bonds is 4. The molecule has 0 bridgehead atoms. The van der Waals surface area contributed by atoms with Crippen molar-refractivity contribution in [2.45, 2.75) is 19.0 Å². The molecule has 0 aromatic heterocycles. The molecule has 18 heavy (non-hydrogen) atoms. The smallest absolute Gasteiger partial charge is 0.429 e. The van der Waals surface area contributed by atoms with Crippen molar-refractivity contribution in [2.24, 2.45) is 4.99 Å². The summed E-state index contributed by atoms with van der Waals surface area (Å²) in [5.41, 5.74) is -0.784. The first-order valence-electron chi connectivity index (χ1n) is 5.20. The number of aliphatic imine (C=N–C) groups is 1. The molecule has 0 saturated heterocycles. The minimum atomic E-state index is -4.55. The van der Waals surface area contributed by atoms with Gasteiger partial charge in [0.15, 0.2) is 0 Å². The molecule has 0 aliphatic rings. The van der Waals surface area contributed by atoms with E-state index in [9.17, 15) is 18.0 Å². The average Bonchev–Trinajstić information content (AvgIpc) is 2.33. The van der Waals surface area contributed by atoms with Crippen molar-refractivity contribution in [2.75, 3.05) is 7.11 Å². The Hall–Kier alpha value is -1.85. The molecule has 1 rings (SSSR count). The lowest BCUT2D eigenvalue weighted by atomic mass is 10.2. The van der Waals surface area contributed by atoms with Crippen LogP contribution < -0.4 is 0 Å². The first-order chi connectivity index (χ1) is 8.43. The lowest BCUT2D eigenvalue weighted by molar-refractivity contribution is -0.140. The van der Waals surface area contributed by atoms with Crippen molar-refractivity contribution in [1.82, 2.24) is 0 Å². The quantitative estimate of drug-likeness (QED) is 0.614. The van der Waals surface area contributed by atoms with Gasteiger partial charge in [0.25, 0.3) is 0 Å². The Kier molecular flexibility index (Phi) is 4.88. The van der Waals surface area contributed by atoms with E-state index in [1.807, 2.05) is 0 Å². The summed E-state index contributed by atoms with van der Waals surface area (Å²) >= 11 is 0. The lowest BCUT2D eigenvalue weighted by Crippen LogP contribution is -2.23. The Bertz CT molecular complexity index is 427. The van der Waals surface area contributed by atoms with Gasteiger partial charge in [0.05, 0.1) is 19.2 Å². The maximum absolute atomic E-state index is 12.7. The van der Waals surface area contributed by atoms with Crippen LogP contribution in [0.1, 0.15) is 12.8 Å². The van der Waals surface area contributed by atoms with Gasteiger partial charge in [-0.2, -0.15) is 13.2 Å². The number of halogens is 3. The molecule has 0 fully saturated rings. The van der Waals surface area contributed by atoms with Crippen LogP contribution in [0.15, 0.2) is 35.3 Å². The normalized spacial score (nSPS) is 12.3. The number of nitrogens with zero attached hydrogens (tertiary/aromatic N) is 1. The van der Waals surface area contributed by atoms with E-state index in [2.05, 4.69) is 9.73 Å². The minimum Gasteiger partial charge on any atom is -0.469 e. The standard InChI is InChI=1S/C12H12F3NO2/c1-18-11(17)8-7-10(12(13,14)15)16-9-5-3-2-4-6-9/h2-6H,7-8H2,1H3. The van der Waals surface area contributed by atoms with Crippen molar-refractivity contribution in [3.63, 3.8) is 0 Å². The molecule has 3 nitrogen and oxygen atoms in total. The van der Waals surface area contributed by atoms with Crippen molar-refractivity contribution in [3.8, 4) is 0 Å². The summed E-state index contributed by atoms with van der Waals surface area (Å²) in [7, 11) is 1.13. The third-order valence-corrected chi connectivity index (χ3v) is 2.14. The number of ether oxygens (including phenoxy) is 1. The molecule has 98 valence electrons. The predicted octanol–water partition coefficient (Wildman–Crippen LogP) is 3.27. The van der Waals surface area contributed by atoms with E-state index < -0.39 is 24.3 Å². The fraction of sp³-hybridized carbons (Fsp3) is 0.333. The molecule has 0 unspecified atom stereocenters. The van der Waals surface area contributed by atoms with Gasteiger partial charge in [0.2, 0.25) is 0 Å². The third kappa shape index (κ3) is 4.57. The summed E-state index contributed by atoms with van der Waals surface area (Å²) in [6.07, 6.45) is -5.39. The third-order valence-electron chi connectivity index (χ3n) is 2.14. The van der Waals surface area contributed by atoms with Crippen LogP contribution in [0.3, 0.4) is 0 Å². The first-order valence-corrected chi connectivity index (χ1v) is 5.20. The molecule has 0 spiro atoms. The highest BCUT2D eigenvalue weighted by Crippen LogP contribution is 2.24. The topological polar surface area (TPSA) is 38.7 Å². The van der Waals surface area contributed by atoms with Crippen molar-refractivity contribution < 1.29 is 22.7 Å². The zero-order valence-corrected chi connectivity index (χ0v) is 9.70. The second kappa shape index (κ2) is 6.18. The number of methoxy groups -OCH3 is 1. The van der Waals surface area contributed by atoms with Crippen molar-refractivity contribution >= 4 is 17.4 Å². The van der Waals surface area contributed by atoms with Crippen LogP contribution in [0.2, 0.25) is 0 Å². The number of hydrogen-bond donors (Lipinski definition) is 0. The summed E-state index contributed by atoms with van der Waals surface area (Å²) in [6, 6.07) is 7.79. The molecule has 0 heterocycles. The van der Waals surface area contributed by atoms with E-state index in [4.69, 9.17) is 0 Å². The Labute approximate surface area is 102 Å². The zero-order valence-electron chi connectivity index (χ0n) is 9.70. The van der Waals surface area contributed by atoms with E-state index in [-0.39, 0.29) is 12.1 Å². The maximum atomic E-state index is 12.7. The second-order valence-corrected chi connectivity index (χ2v) is 3.47. The monoisotopic (exact) mass is 259 g/mol. The molecule has 6 heteroatoms. The highest BCUT2D eigenvalue weighted by atomic mass is 19.4. The molecule has 0 amide bonds. The largest absolute Gasteiger partial charge is 0.469 e. The minimum absolute atomic E-state index is 0.203. The van der Waals surface area contributed by atoms with Crippen LogP contribution in [0, 0.1) is 0 Å². The highest BCUT2D eigenvalue weighted by molar-refractivity contribution is 5.93. The molecule has 0 aliphatic carbocycles. The Morgan fingerprint density at radius 2 is 1.83 bits per heavy atom. The van der Waals surface area contributed by atoms with E-state index >= 15 is 0 Å². The maximum Gasteiger partial charge on any atom is 0.429 e. The van der Waals surface area contributed by atoms with Gasteiger partial charge in [-0.15, -0.1) is 0 Å². The van der Waals surface area contributed by atoms with Gasteiger partial charge in [-0.25, -0.2) is 4.99 Å². The van der Waals surface area contributed by atoms with Gasteiger partial charge >= 0.3 is 12.1 Å². The zero-order chi connectivity index (χ0) is 13.6. The summed E-state index contributed by atoms with van der Waals surface area (Å²) in [5, 5.41) is 0. The summed E-state index contributed by atoms with van der Waals surface area (Å²) in [6.45, 7) is 0. The number of esters is 1. The summed E-state index contributed by atoms with van der Waals surface area (Å²) < 4.78 is 42.3. The van der Waals surface area contributed by atoms with Gasteiger partial charge in [-0.1, -0.05) is 18.2 Å². The molecular weight excluding hydrogens is 247 g/mol. The van der Waals surface area contributed by atoms with Crippen LogP contribution in [0.5, 0.6) is 0 Å². The second-order valence-electron chi connectivity index (χ2n) is 3.47. The molecule has 1 aromatic rings. The first kappa shape index (κ1) is 14.2. The summed E-state index contributed by atoms with van der Waals surface area (Å²) in [5.74, 6) is -0.694.